The average molecular weight is 597 g/mol. The van der Waals surface area contributed by atoms with Gasteiger partial charge in [0.1, 0.15) is 30.5 Å². The Bertz CT molecular complexity index is 716. The molecule has 15 heteroatoms. The number of nitrogens with zero attached hydrogens (tertiary/aromatic N) is 2. The minimum absolute atomic E-state index is 0.00469. The van der Waals surface area contributed by atoms with Crippen molar-refractivity contribution in [2.45, 2.75) is 105 Å². The topological polar surface area (TPSA) is 260 Å². The number of nitrogens with two attached hydrogens (primary N) is 4. The van der Waals surface area contributed by atoms with Gasteiger partial charge in [-0.1, -0.05) is 12.8 Å². The molecule has 2 aliphatic rings. The van der Waals surface area contributed by atoms with Gasteiger partial charge in [-0.15, -0.1) is 0 Å². The predicted molar refractivity (Wildman–Crippen MR) is 151 cm³/mol. The summed E-state index contributed by atoms with van der Waals surface area (Å²) in [6, 6.07) is -2.05. The van der Waals surface area contributed by atoms with Crippen LogP contribution in [0, 0.1) is 0 Å². The smallest absolute Gasteiger partial charge is 0.175 e. The SMILES string of the molecule is CN(CCCCCCN(C)CC(O)CO[C@H]1[C@H](O)[C@@H](O)[C@H](N)C[C@@H]1N)CC(O)CO[C@H]1O[C@H](CN)[C@@H](O)[C@H](O)[C@H]1N. The van der Waals surface area contributed by atoms with Crippen LogP contribution in [0.5, 0.6) is 0 Å². The van der Waals surface area contributed by atoms with E-state index >= 15 is 0 Å². The van der Waals surface area contributed by atoms with Gasteiger partial charge in [-0.2, -0.15) is 0 Å². The quantitative estimate of drug-likeness (QED) is 0.0665. The maximum absolute atomic E-state index is 10.3. The second kappa shape index (κ2) is 18.3. The summed E-state index contributed by atoms with van der Waals surface area (Å²) in [5.74, 6) is 0. The number of unbranched alkanes of at least 4 members (excludes halogenated alkanes) is 3. The number of rotatable bonds is 18. The lowest BCUT2D eigenvalue weighted by atomic mass is 9.85. The Hall–Kier alpha value is -0.600. The highest BCUT2D eigenvalue weighted by Crippen LogP contribution is 2.22. The van der Waals surface area contributed by atoms with Gasteiger partial charge in [0.05, 0.1) is 37.6 Å². The molecule has 2 fully saturated rings. The van der Waals surface area contributed by atoms with Gasteiger partial charge in [0, 0.05) is 31.7 Å². The fourth-order valence-electron chi connectivity index (χ4n) is 5.36. The van der Waals surface area contributed by atoms with E-state index in [0.29, 0.717) is 19.5 Å². The largest absolute Gasteiger partial charge is 0.389 e. The highest BCUT2D eigenvalue weighted by molar-refractivity contribution is 4.97. The van der Waals surface area contributed by atoms with Gasteiger partial charge in [0.15, 0.2) is 6.29 Å². The zero-order valence-electron chi connectivity index (χ0n) is 24.5. The minimum Gasteiger partial charge on any atom is -0.389 e. The number of ether oxygens (including phenoxy) is 3. The molecule has 1 heterocycles. The first-order chi connectivity index (χ1) is 19.3. The molecule has 0 radical (unpaired) electrons. The molecule has 14 N–H and O–H groups in total. The van der Waals surface area contributed by atoms with Crippen LogP contribution < -0.4 is 22.9 Å². The van der Waals surface area contributed by atoms with Crippen LogP contribution in [0.4, 0.5) is 0 Å². The molecule has 1 saturated carbocycles. The first-order valence-corrected chi connectivity index (χ1v) is 14.7. The van der Waals surface area contributed by atoms with E-state index in [-0.39, 0.29) is 19.8 Å². The van der Waals surface area contributed by atoms with Gasteiger partial charge < -0.3 is 77.6 Å². The van der Waals surface area contributed by atoms with Crippen LogP contribution in [-0.2, 0) is 14.2 Å². The molecule has 1 saturated heterocycles. The van der Waals surface area contributed by atoms with Gasteiger partial charge in [-0.05, 0) is 46.4 Å². The van der Waals surface area contributed by atoms with Gasteiger partial charge >= 0.3 is 0 Å². The minimum atomic E-state index is -1.22. The van der Waals surface area contributed by atoms with Gasteiger partial charge in [-0.25, -0.2) is 0 Å². The third kappa shape index (κ3) is 11.8. The predicted octanol–water partition coefficient (Wildman–Crippen LogP) is -4.95. The molecule has 12 atom stereocenters. The van der Waals surface area contributed by atoms with E-state index in [1.165, 1.54) is 0 Å². The first kappa shape index (κ1) is 36.6. The molecule has 41 heavy (non-hydrogen) atoms. The summed E-state index contributed by atoms with van der Waals surface area (Å²) in [5, 5.41) is 60.8. The summed E-state index contributed by atoms with van der Waals surface area (Å²) in [4.78, 5) is 4.04. The van der Waals surface area contributed by atoms with Crippen molar-refractivity contribution in [3.8, 4) is 0 Å². The fourth-order valence-corrected chi connectivity index (χ4v) is 5.36. The van der Waals surface area contributed by atoms with Gasteiger partial charge in [-0.3, -0.25) is 0 Å². The van der Waals surface area contributed by atoms with Crippen molar-refractivity contribution in [1.82, 2.24) is 9.80 Å². The first-order valence-electron chi connectivity index (χ1n) is 14.7. The number of aliphatic hydroxyl groups is 6. The number of hydrogen-bond acceptors (Lipinski definition) is 15. The molecular weight excluding hydrogens is 540 g/mol. The maximum atomic E-state index is 10.3. The number of likely N-dealkylation sites (N-methyl/N-ethyl adjacent to an activating group) is 2. The number of aliphatic hydroxyl groups excluding tert-OH is 6. The fraction of sp³-hybridized carbons (Fsp3) is 1.00. The molecule has 1 aliphatic heterocycles. The van der Waals surface area contributed by atoms with Crippen LogP contribution in [0.25, 0.3) is 0 Å². The lowest BCUT2D eigenvalue weighted by molar-refractivity contribution is -0.262. The molecule has 1 aliphatic carbocycles. The van der Waals surface area contributed by atoms with E-state index in [4.69, 9.17) is 37.1 Å². The number of hydrogen-bond donors (Lipinski definition) is 10. The van der Waals surface area contributed by atoms with Gasteiger partial charge in [0.25, 0.3) is 0 Å². The van der Waals surface area contributed by atoms with E-state index in [1.54, 1.807) is 0 Å². The standard InChI is InChI=1S/C26H56N6O9/c1-31(11-15(33)13-39-25-18(29)9-17(28)21(35)24(25)38)7-5-3-4-6-8-32(2)12-16(34)14-40-26-20(30)23(37)22(36)19(10-27)41-26/h15-26,33-38H,3-14,27-30H2,1-2H3/t15?,16?,17-,18+,19-,20-,21+,22-,23-,24-,25-,26+/m1/s1. The van der Waals surface area contributed by atoms with Crippen LogP contribution in [0.15, 0.2) is 0 Å². The molecule has 2 unspecified atom stereocenters. The summed E-state index contributed by atoms with van der Waals surface area (Å²) in [6.45, 7) is 2.40. The lowest BCUT2D eigenvalue weighted by Gasteiger charge is -2.40. The van der Waals surface area contributed by atoms with Crippen molar-refractivity contribution in [3.63, 3.8) is 0 Å². The van der Waals surface area contributed by atoms with Crippen molar-refractivity contribution >= 4 is 0 Å². The highest BCUT2D eigenvalue weighted by atomic mass is 16.7. The monoisotopic (exact) mass is 596 g/mol. The molecule has 0 bridgehead atoms. The molecule has 2 rings (SSSR count). The van der Waals surface area contributed by atoms with E-state index in [1.807, 2.05) is 23.9 Å². The Labute approximate surface area is 243 Å². The van der Waals surface area contributed by atoms with Crippen LogP contribution in [0.2, 0.25) is 0 Å². The normalized spacial score (nSPS) is 36.1. The second-order valence-corrected chi connectivity index (χ2v) is 11.8. The van der Waals surface area contributed by atoms with Crippen LogP contribution in [0.3, 0.4) is 0 Å². The summed E-state index contributed by atoms with van der Waals surface area (Å²) in [5.41, 5.74) is 23.2. The summed E-state index contributed by atoms with van der Waals surface area (Å²) in [7, 11) is 3.84. The van der Waals surface area contributed by atoms with E-state index in [0.717, 1.165) is 38.8 Å². The summed E-state index contributed by atoms with van der Waals surface area (Å²) < 4.78 is 16.7. The molecule has 244 valence electrons. The van der Waals surface area contributed by atoms with Crippen molar-refractivity contribution in [1.29, 1.82) is 0 Å². The Balaban J connectivity index is 1.52. The Morgan fingerprint density at radius 1 is 0.756 bits per heavy atom. The van der Waals surface area contributed by atoms with Gasteiger partial charge in [0.2, 0.25) is 0 Å². The van der Waals surface area contributed by atoms with E-state index < -0.39 is 73.2 Å². The molecule has 15 nitrogen and oxygen atoms in total. The summed E-state index contributed by atoms with van der Waals surface area (Å²) >= 11 is 0. The van der Waals surface area contributed by atoms with Crippen molar-refractivity contribution < 1.29 is 44.8 Å². The van der Waals surface area contributed by atoms with Crippen LogP contribution in [-0.4, -0.2) is 174 Å². The zero-order valence-corrected chi connectivity index (χ0v) is 24.5. The van der Waals surface area contributed by atoms with E-state index in [9.17, 15) is 30.6 Å². The Morgan fingerprint density at radius 2 is 1.29 bits per heavy atom. The van der Waals surface area contributed by atoms with Crippen LogP contribution >= 0.6 is 0 Å². The Morgan fingerprint density at radius 3 is 1.83 bits per heavy atom. The molecule has 0 amide bonds. The summed E-state index contributed by atoms with van der Waals surface area (Å²) in [6.07, 6.45) is -4.45. The molecule has 0 aromatic carbocycles. The van der Waals surface area contributed by atoms with Crippen LogP contribution in [0.1, 0.15) is 32.1 Å². The van der Waals surface area contributed by atoms with Crippen molar-refractivity contribution in [3.05, 3.63) is 0 Å². The molecule has 0 aromatic heterocycles. The zero-order chi connectivity index (χ0) is 30.7. The van der Waals surface area contributed by atoms with Crippen molar-refractivity contribution in [2.24, 2.45) is 22.9 Å². The van der Waals surface area contributed by atoms with E-state index in [2.05, 4.69) is 0 Å². The third-order valence-electron chi connectivity index (χ3n) is 7.88. The molecule has 0 spiro atoms. The molecular formula is C26H56N6O9. The van der Waals surface area contributed by atoms with Crippen molar-refractivity contribution in [2.75, 3.05) is 60.0 Å². The molecule has 0 aromatic rings. The second-order valence-electron chi connectivity index (χ2n) is 11.8. The third-order valence-corrected chi connectivity index (χ3v) is 7.88. The Kier molecular flexibility index (Phi) is 16.3. The highest BCUT2D eigenvalue weighted by Gasteiger charge is 2.43. The average Bonchev–Trinajstić information content (AvgIpc) is 2.91. The maximum Gasteiger partial charge on any atom is 0.175 e. The lowest BCUT2D eigenvalue weighted by Crippen LogP contribution is -2.63.